The highest BCUT2D eigenvalue weighted by atomic mass is 16.7. The number of nitrogens with zero attached hydrogens (tertiary/aromatic N) is 1. The summed E-state index contributed by atoms with van der Waals surface area (Å²) in [5.41, 5.74) is 4.97. The van der Waals surface area contributed by atoms with Gasteiger partial charge in [0.1, 0.15) is 18.2 Å². The third-order valence-electron chi connectivity index (χ3n) is 10.6. The lowest BCUT2D eigenvalue weighted by Crippen LogP contribution is -2.63. The van der Waals surface area contributed by atoms with Crippen LogP contribution in [-0.2, 0) is 30.2 Å². The van der Waals surface area contributed by atoms with Crippen molar-refractivity contribution >= 4 is 18.1 Å². The van der Waals surface area contributed by atoms with Gasteiger partial charge in [-0.25, -0.2) is 9.59 Å². The molecule has 2 N–H and O–H groups in total. The minimum absolute atomic E-state index is 0.0926. The van der Waals surface area contributed by atoms with E-state index in [1.807, 2.05) is 80.3 Å². The molecule has 0 radical (unpaired) electrons. The molecule has 2 fully saturated rings. The van der Waals surface area contributed by atoms with Crippen molar-refractivity contribution in [3.8, 4) is 11.1 Å². The first-order valence-electron chi connectivity index (χ1n) is 19.8. The number of nitrogens with one attached hydrogen (secondary N) is 2. The second-order valence-electron chi connectivity index (χ2n) is 15.7. The van der Waals surface area contributed by atoms with Crippen LogP contribution in [0.3, 0.4) is 0 Å². The minimum Gasteiger partial charge on any atom is -0.449 e. The normalized spacial score (nSPS) is 18.2. The van der Waals surface area contributed by atoms with Crippen molar-refractivity contribution < 1.29 is 33.3 Å². The van der Waals surface area contributed by atoms with E-state index in [0.717, 1.165) is 85.6 Å². The lowest BCUT2D eigenvalue weighted by molar-refractivity contribution is -0.304. The van der Waals surface area contributed by atoms with Crippen molar-refractivity contribution in [3.63, 3.8) is 0 Å². The van der Waals surface area contributed by atoms with E-state index in [1.165, 1.54) is 0 Å². The fraction of sp³-hybridized carbons (Fsp3) is 0.523. The predicted octanol–water partition coefficient (Wildman–Crippen LogP) is 8.13. The summed E-state index contributed by atoms with van der Waals surface area (Å²) in [6.07, 6.45) is 6.82. The largest absolute Gasteiger partial charge is 0.449 e. The minimum atomic E-state index is -0.858. The topological polar surface area (TPSA) is 115 Å². The van der Waals surface area contributed by atoms with Crippen molar-refractivity contribution in [3.05, 3.63) is 95.6 Å². The Balaban J connectivity index is 1.16. The Morgan fingerprint density at radius 2 is 1.46 bits per heavy atom. The molecule has 0 aromatic heterocycles. The summed E-state index contributed by atoms with van der Waals surface area (Å²) >= 11 is 0. The molecule has 1 saturated carbocycles. The fourth-order valence-electron chi connectivity index (χ4n) is 8.13. The summed E-state index contributed by atoms with van der Waals surface area (Å²) in [6.45, 7) is 7.89. The zero-order chi connectivity index (χ0) is 38.0. The van der Waals surface area contributed by atoms with E-state index in [0.29, 0.717) is 32.7 Å². The summed E-state index contributed by atoms with van der Waals surface area (Å²) in [6, 6.07) is 25.1. The van der Waals surface area contributed by atoms with Crippen molar-refractivity contribution in [1.29, 1.82) is 0 Å². The molecule has 0 bridgehead atoms. The lowest BCUT2D eigenvalue weighted by atomic mass is 9.86. The maximum atomic E-state index is 14.9. The van der Waals surface area contributed by atoms with Crippen LogP contribution in [0.4, 0.5) is 9.59 Å². The molecule has 0 unspecified atom stereocenters. The van der Waals surface area contributed by atoms with Gasteiger partial charge in [0.2, 0.25) is 5.91 Å². The zero-order valence-electron chi connectivity index (χ0n) is 32.1. The molecule has 10 heteroatoms. The monoisotopic (exact) mass is 739 g/mol. The second-order valence-corrected chi connectivity index (χ2v) is 15.7. The van der Waals surface area contributed by atoms with Gasteiger partial charge >= 0.3 is 12.2 Å². The van der Waals surface area contributed by atoms with Crippen molar-refractivity contribution in [2.75, 3.05) is 32.9 Å². The number of rotatable bonds is 14. The Morgan fingerprint density at radius 1 is 0.815 bits per heavy atom. The van der Waals surface area contributed by atoms with Crippen LogP contribution in [-0.4, -0.2) is 79.4 Å². The number of hydrogen-bond acceptors (Lipinski definition) is 7. The number of ether oxygens (including phenoxy) is 4. The molecule has 2 atom stereocenters. The average molecular weight is 740 g/mol. The highest BCUT2D eigenvalue weighted by Crippen LogP contribution is 2.44. The molecule has 1 aliphatic heterocycles. The van der Waals surface area contributed by atoms with Crippen molar-refractivity contribution in [2.45, 2.75) is 114 Å². The number of amides is 3. The number of alkyl carbamates (subject to hydrolysis) is 2. The van der Waals surface area contributed by atoms with Crippen LogP contribution < -0.4 is 10.6 Å². The molecule has 6 rings (SSSR count). The first kappa shape index (κ1) is 39.3. The van der Waals surface area contributed by atoms with E-state index >= 15 is 0 Å². The average Bonchev–Trinajstić information content (AvgIpc) is 3.48. The van der Waals surface area contributed by atoms with E-state index < -0.39 is 29.6 Å². The molecule has 3 aromatic rings. The summed E-state index contributed by atoms with van der Waals surface area (Å²) in [5, 5.41) is 5.84. The number of benzene rings is 3. The van der Waals surface area contributed by atoms with Crippen LogP contribution in [0.1, 0.15) is 101 Å². The van der Waals surface area contributed by atoms with Gasteiger partial charge in [0.15, 0.2) is 5.79 Å². The van der Waals surface area contributed by atoms with Crippen LogP contribution in [0.2, 0.25) is 0 Å². The molecule has 10 nitrogen and oxygen atoms in total. The quantitative estimate of drug-likeness (QED) is 0.161. The first-order valence-corrected chi connectivity index (χ1v) is 19.8. The van der Waals surface area contributed by atoms with E-state index in [1.54, 1.807) is 0 Å². The van der Waals surface area contributed by atoms with Crippen molar-refractivity contribution in [2.24, 2.45) is 0 Å². The lowest BCUT2D eigenvalue weighted by Gasteiger charge is -2.50. The van der Waals surface area contributed by atoms with Gasteiger partial charge in [-0.2, -0.15) is 0 Å². The molecule has 1 saturated heterocycles. The third kappa shape index (κ3) is 10.0. The molecular weight excluding hydrogens is 682 g/mol. The van der Waals surface area contributed by atoms with Crippen LogP contribution >= 0.6 is 0 Å². The fourth-order valence-corrected chi connectivity index (χ4v) is 8.13. The number of unbranched alkanes of at least 4 members (excludes halogenated alkanes) is 3. The van der Waals surface area contributed by atoms with Crippen LogP contribution in [0.5, 0.6) is 0 Å². The maximum absolute atomic E-state index is 14.9. The Kier molecular flexibility index (Phi) is 13.3. The van der Waals surface area contributed by atoms with Crippen LogP contribution in [0.15, 0.2) is 78.9 Å². The Morgan fingerprint density at radius 3 is 2.15 bits per heavy atom. The first-order chi connectivity index (χ1) is 26.1. The van der Waals surface area contributed by atoms with Gasteiger partial charge in [-0.15, -0.1) is 0 Å². The zero-order valence-corrected chi connectivity index (χ0v) is 32.1. The van der Waals surface area contributed by atoms with Gasteiger partial charge in [0.05, 0.1) is 19.3 Å². The highest BCUT2D eigenvalue weighted by Gasteiger charge is 2.49. The molecular formula is C44H57N3O7. The predicted molar refractivity (Wildman–Crippen MR) is 208 cm³/mol. The van der Waals surface area contributed by atoms with Gasteiger partial charge in [0, 0.05) is 31.8 Å². The number of fused-ring (bicyclic) bond motifs is 3. The summed E-state index contributed by atoms with van der Waals surface area (Å²) in [7, 11) is 0. The standard InChI is InChI=1S/C44H57N3O7/c1-43(2,3)54-41(49)45-26-15-4-5-16-27-47(39-24-13-14-25-44(39)52-28-17-29-53-44)40(48)38(30-32-18-7-6-8-19-32)46-42(50)51-31-37-35-22-11-9-20-33(35)34-21-10-12-23-36(34)37/h6-12,18-23,37-39H,4-5,13-17,24-31H2,1-3H3,(H,45,49)(H,46,50)/t38-,39+/m0/s1. The molecule has 2 aliphatic carbocycles. The molecule has 290 valence electrons. The summed E-state index contributed by atoms with van der Waals surface area (Å²) in [4.78, 5) is 42.7. The second kappa shape index (κ2) is 18.3. The maximum Gasteiger partial charge on any atom is 0.407 e. The molecule has 3 aromatic carbocycles. The van der Waals surface area contributed by atoms with Gasteiger partial charge in [0.25, 0.3) is 0 Å². The summed E-state index contributed by atoms with van der Waals surface area (Å²) in [5.74, 6) is -1.11. The summed E-state index contributed by atoms with van der Waals surface area (Å²) < 4.78 is 24.2. The van der Waals surface area contributed by atoms with Gasteiger partial charge in [-0.05, 0) is 80.7 Å². The smallest absolute Gasteiger partial charge is 0.407 e. The number of carbonyl (C=O) groups is 3. The van der Waals surface area contributed by atoms with E-state index in [9.17, 15) is 14.4 Å². The third-order valence-corrected chi connectivity index (χ3v) is 10.6. The SMILES string of the molecule is CC(C)(C)OC(=O)NCCCCCCN(C(=O)[C@H](Cc1ccccc1)NC(=O)OCC1c2ccccc2-c2ccccc21)[C@@H]1CCCCC12OCCCO2. The highest BCUT2D eigenvalue weighted by molar-refractivity contribution is 5.86. The van der Waals surface area contributed by atoms with Crippen molar-refractivity contribution in [1.82, 2.24) is 15.5 Å². The Labute approximate surface area is 320 Å². The number of hydrogen-bond donors (Lipinski definition) is 2. The van der Waals surface area contributed by atoms with Crippen LogP contribution in [0, 0.1) is 0 Å². The molecule has 3 aliphatic rings. The van der Waals surface area contributed by atoms with E-state index in [-0.39, 0.29) is 24.5 Å². The van der Waals surface area contributed by atoms with Gasteiger partial charge < -0.3 is 34.5 Å². The Bertz CT molecular complexity index is 1650. The molecule has 54 heavy (non-hydrogen) atoms. The van der Waals surface area contributed by atoms with Crippen LogP contribution in [0.25, 0.3) is 11.1 Å². The Hall–Kier alpha value is -4.41. The molecule has 3 amide bonds. The van der Waals surface area contributed by atoms with E-state index in [2.05, 4.69) is 34.9 Å². The molecule has 1 spiro atoms. The van der Waals surface area contributed by atoms with E-state index in [4.69, 9.17) is 18.9 Å². The number of carbonyl (C=O) groups excluding carboxylic acids is 3. The molecule has 1 heterocycles. The van der Waals surface area contributed by atoms with Gasteiger partial charge in [-0.3, -0.25) is 4.79 Å². The van der Waals surface area contributed by atoms with Gasteiger partial charge in [-0.1, -0.05) is 98.1 Å².